The molecule has 0 N–H and O–H groups in total. The van der Waals surface area contributed by atoms with Gasteiger partial charge in [-0.15, -0.1) is 0 Å². The Kier molecular flexibility index (Phi) is 6.13. The molecule has 1 saturated heterocycles. The zero-order chi connectivity index (χ0) is 22.6. The predicted octanol–water partition coefficient (Wildman–Crippen LogP) is 5.45. The number of benzene rings is 3. The van der Waals surface area contributed by atoms with Gasteiger partial charge >= 0.3 is 0 Å². The Morgan fingerprint density at radius 3 is 2.33 bits per heavy atom. The van der Waals surface area contributed by atoms with E-state index in [2.05, 4.69) is 4.90 Å². The lowest BCUT2D eigenvalue weighted by Crippen LogP contribution is -2.48. The standard InChI is InChI=1S/C26H25N3O3S/c1-2-31-22-12-13-23-24(18-22)33-26(27-23)29-16-14-28(15-17-29)25(30)19-8-10-21(11-9-19)32-20-6-4-3-5-7-20/h3-13,18H,2,14-17H2,1H3. The number of piperazine rings is 1. The summed E-state index contributed by atoms with van der Waals surface area (Å²) >= 11 is 1.67. The summed E-state index contributed by atoms with van der Waals surface area (Å²) in [5, 5.41) is 0.994. The van der Waals surface area contributed by atoms with Crippen molar-refractivity contribution in [3.63, 3.8) is 0 Å². The van der Waals surface area contributed by atoms with Gasteiger partial charge in [-0.3, -0.25) is 4.79 Å². The van der Waals surface area contributed by atoms with E-state index in [-0.39, 0.29) is 5.91 Å². The van der Waals surface area contributed by atoms with Gasteiger partial charge in [0.1, 0.15) is 17.2 Å². The van der Waals surface area contributed by atoms with Gasteiger partial charge in [-0.1, -0.05) is 29.5 Å². The summed E-state index contributed by atoms with van der Waals surface area (Å²) < 4.78 is 12.5. The fourth-order valence-electron chi connectivity index (χ4n) is 3.86. The highest BCUT2D eigenvalue weighted by Gasteiger charge is 2.24. The summed E-state index contributed by atoms with van der Waals surface area (Å²) in [6.45, 7) is 5.49. The molecule has 3 aromatic carbocycles. The van der Waals surface area contributed by atoms with Crippen LogP contribution >= 0.6 is 11.3 Å². The van der Waals surface area contributed by atoms with Gasteiger partial charge in [-0.2, -0.15) is 0 Å². The van der Waals surface area contributed by atoms with Crippen LogP contribution in [0.3, 0.4) is 0 Å². The minimum absolute atomic E-state index is 0.0477. The van der Waals surface area contributed by atoms with Crippen molar-refractivity contribution >= 4 is 32.6 Å². The van der Waals surface area contributed by atoms with E-state index in [1.807, 2.05) is 84.6 Å². The number of aromatic nitrogens is 1. The molecule has 0 bridgehead atoms. The highest BCUT2D eigenvalue weighted by molar-refractivity contribution is 7.22. The maximum Gasteiger partial charge on any atom is 0.253 e. The molecule has 0 unspecified atom stereocenters. The van der Waals surface area contributed by atoms with Gasteiger partial charge in [0.05, 0.1) is 16.8 Å². The number of nitrogens with zero attached hydrogens (tertiary/aromatic N) is 3. The average molecular weight is 460 g/mol. The molecule has 1 aliphatic heterocycles. The molecule has 6 nitrogen and oxygen atoms in total. The van der Waals surface area contributed by atoms with Gasteiger partial charge < -0.3 is 19.3 Å². The molecule has 33 heavy (non-hydrogen) atoms. The van der Waals surface area contributed by atoms with Crippen molar-refractivity contribution in [3.8, 4) is 17.2 Å². The molecule has 0 radical (unpaired) electrons. The molecule has 0 atom stereocenters. The Bertz CT molecular complexity index is 1230. The van der Waals surface area contributed by atoms with Crippen molar-refractivity contribution in [1.29, 1.82) is 0 Å². The molecule has 4 aromatic rings. The third kappa shape index (κ3) is 4.78. The average Bonchev–Trinajstić information content (AvgIpc) is 3.29. The molecule has 0 spiro atoms. The first-order valence-corrected chi connectivity index (χ1v) is 11.9. The predicted molar refractivity (Wildman–Crippen MR) is 132 cm³/mol. The summed E-state index contributed by atoms with van der Waals surface area (Å²) in [5.74, 6) is 2.41. The van der Waals surface area contributed by atoms with Gasteiger partial charge in [0.25, 0.3) is 5.91 Å². The quantitative estimate of drug-likeness (QED) is 0.384. The van der Waals surface area contributed by atoms with Gasteiger partial charge in [0.2, 0.25) is 0 Å². The van der Waals surface area contributed by atoms with E-state index >= 15 is 0 Å². The lowest BCUT2D eigenvalue weighted by Gasteiger charge is -2.34. The number of carbonyl (C=O) groups is 1. The number of carbonyl (C=O) groups excluding carboxylic acids is 1. The highest BCUT2D eigenvalue weighted by atomic mass is 32.1. The fourth-order valence-corrected chi connectivity index (χ4v) is 4.90. The van der Waals surface area contributed by atoms with Crippen molar-refractivity contribution in [3.05, 3.63) is 78.4 Å². The van der Waals surface area contributed by atoms with E-state index in [0.29, 0.717) is 31.0 Å². The van der Waals surface area contributed by atoms with Crippen LogP contribution in [-0.4, -0.2) is 48.6 Å². The zero-order valence-electron chi connectivity index (χ0n) is 18.4. The second-order valence-corrected chi connectivity index (χ2v) is 8.79. The third-order valence-corrected chi connectivity index (χ3v) is 6.66. The van der Waals surface area contributed by atoms with Crippen LogP contribution in [0.4, 0.5) is 5.13 Å². The summed E-state index contributed by atoms with van der Waals surface area (Å²) in [5.41, 5.74) is 1.65. The molecular formula is C26H25N3O3S. The van der Waals surface area contributed by atoms with E-state index in [1.54, 1.807) is 11.3 Å². The molecule has 7 heteroatoms. The van der Waals surface area contributed by atoms with Crippen LogP contribution in [-0.2, 0) is 0 Å². The van der Waals surface area contributed by atoms with E-state index in [0.717, 1.165) is 39.9 Å². The van der Waals surface area contributed by atoms with Crippen LogP contribution in [0, 0.1) is 0 Å². The van der Waals surface area contributed by atoms with Crippen molar-refractivity contribution in [2.75, 3.05) is 37.7 Å². The second kappa shape index (κ2) is 9.50. The van der Waals surface area contributed by atoms with E-state index < -0.39 is 0 Å². The van der Waals surface area contributed by atoms with Crippen LogP contribution < -0.4 is 14.4 Å². The van der Waals surface area contributed by atoms with E-state index in [1.165, 1.54) is 0 Å². The van der Waals surface area contributed by atoms with Gasteiger partial charge in [0, 0.05) is 31.7 Å². The maximum atomic E-state index is 13.0. The molecule has 1 amide bonds. The number of fused-ring (bicyclic) bond motifs is 1. The summed E-state index contributed by atoms with van der Waals surface area (Å²) in [6.07, 6.45) is 0. The van der Waals surface area contributed by atoms with Crippen molar-refractivity contribution in [2.24, 2.45) is 0 Å². The highest BCUT2D eigenvalue weighted by Crippen LogP contribution is 2.32. The van der Waals surface area contributed by atoms with Gasteiger partial charge in [0.15, 0.2) is 5.13 Å². The molecule has 1 aliphatic rings. The van der Waals surface area contributed by atoms with Crippen molar-refractivity contribution in [1.82, 2.24) is 9.88 Å². The fraction of sp³-hybridized carbons (Fsp3) is 0.231. The summed E-state index contributed by atoms with van der Waals surface area (Å²) in [7, 11) is 0. The zero-order valence-corrected chi connectivity index (χ0v) is 19.3. The molecule has 5 rings (SSSR count). The maximum absolute atomic E-state index is 13.0. The monoisotopic (exact) mass is 459 g/mol. The SMILES string of the molecule is CCOc1ccc2nc(N3CCN(C(=O)c4ccc(Oc5ccccc5)cc4)CC3)sc2c1. The van der Waals surface area contributed by atoms with E-state index in [9.17, 15) is 4.79 Å². The van der Waals surface area contributed by atoms with Crippen LogP contribution in [0.5, 0.6) is 17.2 Å². The Hall–Kier alpha value is -3.58. The number of para-hydroxylation sites is 1. The normalized spacial score (nSPS) is 13.8. The van der Waals surface area contributed by atoms with E-state index in [4.69, 9.17) is 14.5 Å². The minimum Gasteiger partial charge on any atom is -0.494 e. The first-order chi connectivity index (χ1) is 16.2. The number of hydrogen-bond acceptors (Lipinski definition) is 6. The summed E-state index contributed by atoms with van der Waals surface area (Å²) in [4.78, 5) is 21.9. The minimum atomic E-state index is 0.0477. The smallest absolute Gasteiger partial charge is 0.253 e. The number of ether oxygens (including phenoxy) is 2. The molecule has 1 fully saturated rings. The lowest BCUT2D eigenvalue weighted by atomic mass is 10.1. The van der Waals surface area contributed by atoms with Crippen LogP contribution in [0.25, 0.3) is 10.2 Å². The Labute approximate surface area is 197 Å². The molecule has 0 saturated carbocycles. The van der Waals surface area contributed by atoms with Crippen LogP contribution in [0.1, 0.15) is 17.3 Å². The number of amides is 1. The first-order valence-electron chi connectivity index (χ1n) is 11.1. The second-order valence-electron chi connectivity index (χ2n) is 7.78. The Balaban J connectivity index is 1.20. The Morgan fingerprint density at radius 2 is 1.61 bits per heavy atom. The topological polar surface area (TPSA) is 54.9 Å². The molecule has 2 heterocycles. The number of rotatable bonds is 6. The third-order valence-electron chi connectivity index (χ3n) is 5.58. The van der Waals surface area contributed by atoms with Gasteiger partial charge in [-0.05, 0) is 61.5 Å². The van der Waals surface area contributed by atoms with Crippen molar-refractivity contribution in [2.45, 2.75) is 6.92 Å². The molecule has 0 aliphatic carbocycles. The summed E-state index contributed by atoms with van der Waals surface area (Å²) in [6, 6.07) is 23.0. The lowest BCUT2D eigenvalue weighted by molar-refractivity contribution is 0.0747. The van der Waals surface area contributed by atoms with Crippen LogP contribution in [0.2, 0.25) is 0 Å². The molecule has 1 aromatic heterocycles. The largest absolute Gasteiger partial charge is 0.494 e. The van der Waals surface area contributed by atoms with Gasteiger partial charge in [-0.25, -0.2) is 4.98 Å². The number of hydrogen-bond donors (Lipinski definition) is 0. The van der Waals surface area contributed by atoms with Crippen LogP contribution in [0.15, 0.2) is 72.8 Å². The number of anilines is 1. The van der Waals surface area contributed by atoms with Crippen molar-refractivity contribution < 1.29 is 14.3 Å². The first kappa shape index (κ1) is 21.3. The number of thiazole rings is 1. The molecule has 168 valence electrons. The molecular weight excluding hydrogens is 434 g/mol. The Morgan fingerprint density at radius 1 is 0.909 bits per heavy atom.